The van der Waals surface area contributed by atoms with Gasteiger partial charge in [0.2, 0.25) is 5.91 Å². The summed E-state index contributed by atoms with van der Waals surface area (Å²) in [6.45, 7) is 0.723. The number of hydrogen-bond donors (Lipinski definition) is 2. The highest BCUT2D eigenvalue weighted by Crippen LogP contribution is 2.37. The summed E-state index contributed by atoms with van der Waals surface area (Å²) in [5, 5.41) is 11.4. The summed E-state index contributed by atoms with van der Waals surface area (Å²) >= 11 is 6.71. The third kappa shape index (κ3) is 5.85. The highest BCUT2D eigenvalue weighted by molar-refractivity contribution is 8.18. The van der Waals surface area contributed by atoms with Crippen LogP contribution in [-0.4, -0.2) is 53.3 Å². The minimum atomic E-state index is -1.19. The summed E-state index contributed by atoms with van der Waals surface area (Å²) in [7, 11) is 1.39. The first-order chi connectivity index (χ1) is 15.7. The third-order valence-corrected chi connectivity index (χ3v) is 5.80. The molecule has 1 fully saturated rings. The van der Waals surface area contributed by atoms with E-state index in [4.69, 9.17) is 26.2 Å². The standard InChI is InChI=1S/C22H19ClN2O7S/c1-12-6-7-14(9-15(12)23)24-18(26)10-25-21(29)17(33-22(25)30)8-13-4-3-5-16(31-2)20(13)32-11-19(27)28/h3-9H,10-11H2,1-2H3,(H,24,26)(H,27,28)/b17-8+. The van der Waals surface area contributed by atoms with Crippen molar-refractivity contribution in [3.05, 3.63) is 57.5 Å². The van der Waals surface area contributed by atoms with Gasteiger partial charge in [-0.05, 0) is 48.5 Å². The summed E-state index contributed by atoms with van der Waals surface area (Å²) in [5.74, 6) is -2.03. The number of amides is 3. The molecule has 33 heavy (non-hydrogen) atoms. The van der Waals surface area contributed by atoms with Crippen molar-refractivity contribution < 1.29 is 33.8 Å². The molecule has 1 aliphatic heterocycles. The van der Waals surface area contributed by atoms with Crippen LogP contribution >= 0.6 is 23.4 Å². The van der Waals surface area contributed by atoms with Crippen LogP contribution in [0.15, 0.2) is 41.3 Å². The molecule has 1 aliphatic rings. The Morgan fingerprint density at radius 2 is 2.00 bits per heavy atom. The molecule has 3 amide bonds. The van der Waals surface area contributed by atoms with Gasteiger partial charge in [0.05, 0.1) is 12.0 Å². The van der Waals surface area contributed by atoms with Crippen molar-refractivity contribution in [2.45, 2.75) is 6.92 Å². The number of carboxylic acids is 1. The normalized spacial score (nSPS) is 14.5. The van der Waals surface area contributed by atoms with E-state index in [-0.39, 0.29) is 16.4 Å². The van der Waals surface area contributed by atoms with E-state index in [0.29, 0.717) is 28.0 Å². The summed E-state index contributed by atoms with van der Waals surface area (Å²) < 4.78 is 10.5. The smallest absolute Gasteiger partial charge is 0.341 e. The molecule has 1 heterocycles. The monoisotopic (exact) mass is 490 g/mol. The molecular formula is C22H19ClN2O7S. The summed E-state index contributed by atoms with van der Waals surface area (Å²) in [5.41, 5.74) is 1.63. The number of ether oxygens (including phenoxy) is 2. The second kappa shape index (κ2) is 10.4. The van der Waals surface area contributed by atoms with E-state index in [9.17, 15) is 19.2 Å². The van der Waals surface area contributed by atoms with Crippen molar-refractivity contribution in [2.75, 3.05) is 25.6 Å². The molecule has 0 unspecified atom stereocenters. The van der Waals surface area contributed by atoms with E-state index >= 15 is 0 Å². The Bertz CT molecular complexity index is 1170. The van der Waals surface area contributed by atoms with Gasteiger partial charge in [0.1, 0.15) is 6.54 Å². The Kier molecular flexibility index (Phi) is 7.62. The Hall–Kier alpha value is -3.50. The topological polar surface area (TPSA) is 122 Å². The van der Waals surface area contributed by atoms with Crippen molar-refractivity contribution in [2.24, 2.45) is 0 Å². The lowest BCUT2D eigenvalue weighted by molar-refractivity contribution is -0.139. The number of halogens is 1. The molecule has 0 aliphatic carbocycles. The van der Waals surface area contributed by atoms with Crippen LogP contribution < -0.4 is 14.8 Å². The Labute approximate surface area is 198 Å². The van der Waals surface area contributed by atoms with Crippen molar-refractivity contribution >= 4 is 58.1 Å². The maximum absolute atomic E-state index is 12.8. The van der Waals surface area contributed by atoms with Gasteiger partial charge in [0.25, 0.3) is 11.1 Å². The van der Waals surface area contributed by atoms with Crippen molar-refractivity contribution in [1.29, 1.82) is 0 Å². The van der Waals surface area contributed by atoms with Crippen LogP contribution in [0.1, 0.15) is 11.1 Å². The van der Waals surface area contributed by atoms with Crippen LogP contribution in [0.25, 0.3) is 6.08 Å². The van der Waals surface area contributed by atoms with Gasteiger partial charge in [0, 0.05) is 16.3 Å². The maximum Gasteiger partial charge on any atom is 0.341 e. The summed E-state index contributed by atoms with van der Waals surface area (Å²) in [6, 6.07) is 9.75. The number of imide groups is 1. The first-order valence-corrected chi connectivity index (χ1v) is 10.7. The minimum absolute atomic E-state index is 0.0552. The van der Waals surface area contributed by atoms with Crippen molar-refractivity contribution in [1.82, 2.24) is 4.90 Å². The number of rotatable bonds is 8. The number of carbonyl (C=O) groups excluding carboxylic acids is 3. The summed E-state index contributed by atoms with van der Waals surface area (Å²) in [6.07, 6.45) is 1.39. The van der Waals surface area contributed by atoms with Gasteiger partial charge in [-0.3, -0.25) is 19.3 Å². The van der Waals surface area contributed by atoms with Gasteiger partial charge in [-0.25, -0.2) is 4.79 Å². The number of para-hydroxylation sites is 1. The van der Waals surface area contributed by atoms with Crippen LogP contribution in [0.5, 0.6) is 11.5 Å². The molecule has 11 heteroatoms. The lowest BCUT2D eigenvalue weighted by Gasteiger charge is -2.13. The maximum atomic E-state index is 12.8. The fourth-order valence-electron chi connectivity index (χ4n) is 2.89. The molecule has 0 bridgehead atoms. The predicted molar refractivity (Wildman–Crippen MR) is 124 cm³/mol. The number of benzene rings is 2. The zero-order valence-electron chi connectivity index (χ0n) is 17.6. The van der Waals surface area contributed by atoms with E-state index in [1.165, 1.54) is 13.2 Å². The SMILES string of the molecule is COc1cccc(/C=C2/SC(=O)N(CC(=O)Nc3ccc(C)c(Cl)c3)C2=O)c1OCC(=O)O. The molecule has 0 radical (unpaired) electrons. The Balaban J connectivity index is 1.77. The third-order valence-electron chi connectivity index (χ3n) is 4.49. The number of anilines is 1. The number of aryl methyl sites for hydroxylation is 1. The fourth-order valence-corrected chi connectivity index (χ4v) is 3.90. The Morgan fingerprint density at radius 3 is 2.67 bits per heavy atom. The number of thioether (sulfide) groups is 1. The van der Waals surface area contributed by atoms with Crippen LogP contribution in [0.4, 0.5) is 10.5 Å². The molecule has 9 nitrogen and oxygen atoms in total. The first-order valence-electron chi connectivity index (χ1n) is 9.52. The van der Waals surface area contributed by atoms with E-state index in [0.717, 1.165) is 10.5 Å². The van der Waals surface area contributed by atoms with Gasteiger partial charge >= 0.3 is 5.97 Å². The number of aliphatic carboxylic acids is 1. The molecule has 0 aromatic heterocycles. The van der Waals surface area contributed by atoms with Gasteiger partial charge < -0.3 is 19.9 Å². The number of carboxylic acid groups (broad SMARTS) is 1. The van der Waals surface area contributed by atoms with E-state index in [2.05, 4.69) is 5.32 Å². The van der Waals surface area contributed by atoms with Crippen LogP contribution in [0.3, 0.4) is 0 Å². The number of nitrogens with one attached hydrogen (secondary N) is 1. The number of nitrogens with zero attached hydrogens (tertiary/aromatic N) is 1. The second-order valence-corrected chi connectivity index (χ2v) is 8.24. The molecule has 2 N–H and O–H groups in total. The average molecular weight is 491 g/mol. The van der Waals surface area contributed by atoms with Gasteiger partial charge in [0.15, 0.2) is 18.1 Å². The molecular weight excluding hydrogens is 472 g/mol. The number of carbonyl (C=O) groups is 4. The quantitative estimate of drug-likeness (QED) is 0.536. The molecule has 0 atom stereocenters. The Morgan fingerprint density at radius 1 is 1.24 bits per heavy atom. The molecule has 2 aromatic rings. The average Bonchev–Trinajstić information content (AvgIpc) is 3.02. The van der Waals surface area contributed by atoms with E-state index in [1.54, 1.807) is 36.4 Å². The highest BCUT2D eigenvalue weighted by atomic mass is 35.5. The number of hydrogen-bond acceptors (Lipinski definition) is 7. The zero-order valence-corrected chi connectivity index (χ0v) is 19.2. The molecule has 3 rings (SSSR count). The minimum Gasteiger partial charge on any atom is -0.493 e. The highest BCUT2D eigenvalue weighted by Gasteiger charge is 2.36. The summed E-state index contributed by atoms with van der Waals surface area (Å²) in [4.78, 5) is 49.3. The van der Waals surface area contributed by atoms with Gasteiger partial charge in [-0.1, -0.05) is 29.8 Å². The molecule has 172 valence electrons. The van der Waals surface area contributed by atoms with Crippen LogP contribution in [0.2, 0.25) is 5.02 Å². The van der Waals surface area contributed by atoms with Crippen LogP contribution in [-0.2, 0) is 14.4 Å². The zero-order chi connectivity index (χ0) is 24.1. The predicted octanol–water partition coefficient (Wildman–Crippen LogP) is 3.80. The van der Waals surface area contributed by atoms with Crippen molar-refractivity contribution in [3.8, 4) is 11.5 Å². The first kappa shape index (κ1) is 24.1. The van der Waals surface area contributed by atoms with Gasteiger partial charge in [-0.2, -0.15) is 0 Å². The molecule has 0 saturated carbocycles. The fraction of sp³-hybridized carbons (Fsp3) is 0.182. The largest absolute Gasteiger partial charge is 0.493 e. The lowest BCUT2D eigenvalue weighted by Crippen LogP contribution is -2.36. The van der Waals surface area contributed by atoms with Crippen LogP contribution in [0, 0.1) is 6.92 Å². The van der Waals surface area contributed by atoms with E-state index in [1.807, 2.05) is 6.92 Å². The molecule has 2 aromatic carbocycles. The molecule has 0 spiro atoms. The van der Waals surface area contributed by atoms with Gasteiger partial charge in [-0.15, -0.1) is 0 Å². The lowest BCUT2D eigenvalue weighted by atomic mass is 10.1. The van der Waals surface area contributed by atoms with Crippen molar-refractivity contribution in [3.63, 3.8) is 0 Å². The molecule has 1 saturated heterocycles. The number of methoxy groups -OCH3 is 1. The second-order valence-electron chi connectivity index (χ2n) is 6.84. The van der Waals surface area contributed by atoms with E-state index < -0.39 is 36.2 Å².